The third-order valence-electron chi connectivity index (χ3n) is 3.66. The van der Waals surface area contributed by atoms with E-state index in [1.807, 2.05) is 17.0 Å². The van der Waals surface area contributed by atoms with Gasteiger partial charge >= 0.3 is 0 Å². The molecule has 3 nitrogen and oxygen atoms in total. The molecule has 106 valence electrons. The Hall–Kier alpha value is -1.81. The predicted octanol–water partition coefficient (Wildman–Crippen LogP) is 3.64. The van der Waals surface area contributed by atoms with Crippen LogP contribution in [-0.2, 0) is 6.54 Å². The van der Waals surface area contributed by atoms with E-state index in [-0.39, 0.29) is 5.82 Å². The molecule has 0 radical (unpaired) electrons. The van der Waals surface area contributed by atoms with Gasteiger partial charge in [0.25, 0.3) is 0 Å². The second kappa shape index (κ2) is 5.29. The molecular formula is C16H18FNO2. The Morgan fingerprint density at radius 2 is 2.20 bits per heavy atom. The summed E-state index contributed by atoms with van der Waals surface area (Å²) in [7, 11) is 0. The minimum absolute atomic E-state index is 0.290. The Kier molecular flexibility index (Phi) is 3.49. The maximum absolute atomic E-state index is 14.3. The standard InChI is InChI=1S/C16H18FNO2/c1-11(19)12-4-7-16(15(17)9-12)18(13-5-6-13)10-14-3-2-8-20-14/h2-4,7-9,11,13,19H,5-6,10H2,1H3. The Bertz CT molecular complexity index is 576. The van der Waals surface area contributed by atoms with Crippen molar-refractivity contribution < 1.29 is 13.9 Å². The van der Waals surface area contributed by atoms with Gasteiger partial charge in [-0.15, -0.1) is 0 Å². The molecule has 3 rings (SSSR count). The number of aliphatic hydroxyl groups is 1. The maximum Gasteiger partial charge on any atom is 0.146 e. The third kappa shape index (κ3) is 2.70. The molecular weight excluding hydrogens is 257 g/mol. The SMILES string of the molecule is CC(O)c1ccc(N(Cc2ccco2)C2CC2)c(F)c1. The number of benzene rings is 1. The summed E-state index contributed by atoms with van der Waals surface area (Å²) in [5, 5.41) is 9.51. The number of hydrogen-bond acceptors (Lipinski definition) is 3. The van der Waals surface area contributed by atoms with Crippen LogP contribution in [0.4, 0.5) is 10.1 Å². The van der Waals surface area contributed by atoms with E-state index in [4.69, 9.17) is 4.42 Å². The second-order valence-corrected chi connectivity index (χ2v) is 5.33. The first-order valence-electron chi connectivity index (χ1n) is 6.91. The summed E-state index contributed by atoms with van der Waals surface area (Å²) in [4.78, 5) is 2.04. The normalized spacial score (nSPS) is 16.1. The molecule has 1 aromatic carbocycles. The third-order valence-corrected chi connectivity index (χ3v) is 3.66. The fraction of sp³-hybridized carbons (Fsp3) is 0.375. The summed E-state index contributed by atoms with van der Waals surface area (Å²) in [5.74, 6) is 0.540. The first-order chi connectivity index (χ1) is 9.65. The van der Waals surface area contributed by atoms with Gasteiger partial charge in [0, 0.05) is 6.04 Å². The Balaban J connectivity index is 1.87. The average molecular weight is 275 g/mol. The van der Waals surface area contributed by atoms with Crippen LogP contribution < -0.4 is 4.90 Å². The highest BCUT2D eigenvalue weighted by molar-refractivity contribution is 5.51. The van der Waals surface area contributed by atoms with Crippen LogP contribution in [0.15, 0.2) is 41.0 Å². The van der Waals surface area contributed by atoms with Gasteiger partial charge in [-0.25, -0.2) is 4.39 Å². The molecule has 0 aliphatic heterocycles. The molecule has 20 heavy (non-hydrogen) atoms. The lowest BCUT2D eigenvalue weighted by Gasteiger charge is -2.24. The molecule has 0 spiro atoms. The van der Waals surface area contributed by atoms with Gasteiger partial charge in [-0.1, -0.05) is 6.07 Å². The van der Waals surface area contributed by atoms with Crippen molar-refractivity contribution in [3.63, 3.8) is 0 Å². The van der Waals surface area contributed by atoms with Crippen LogP contribution in [0.25, 0.3) is 0 Å². The van der Waals surface area contributed by atoms with E-state index in [0.717, 1.165) is 18.6 Å². The molecule has 1 aliphatic rings. The fourth-order valence-corrected chi connectivity index (χ4v) is 2.38. The molecule has 1 N–H and O–H groups in total. The van der Waals surface area contributed by atoms with Crippen molar-refractivity contribution >= 4 is 5.69 Å². The Labute approximate surface area is 117 Å². The van der Waals surface area contributed by atoms with Gasteiger partial charge in [0.15, 0.2) is 0 Å². The van der Waals surface area contributed by atoms with Crippen LogP contribution in [0.3, 0.4) is 0 Å². The van der Waals surface area contributed by atoms with E-state index in [9.17, 15) is 9.50 Å². The lowest BCUT2D eigenvalue weighted by atomic mass is 10.1. The van der Waals surface area contributed by atoms with E-state index >= 15 is 0 Å². The summed E-state index contributed by atoms with van der Waals surface area (Å²) in [6.07, 6.45) is 3.14. The van der Waals surface area contributed by atoms with Crippen molar-refractivity contribution in [2.45, 2.75) is 38.5 Å². The first kappa shape index (κ1) is 13.2. The maximum atomic E-state index is 14.3. The number of aliphatic hydroxyl groups excluding tert-OH is 1. The highest BCUT2D eigenvalue weighted by Crippen LogP contribution is 2.35. The molecule has 4 heteroatoms. The van der Waals surface area contributed by atoms with Crippen LogP contribution in [0.1, 0.15) is 37.2 Å². The van der Waals surface area contributed by atoms with Gasteiger partial charge in [-0.3, -0.25) is 0 Å². The molecule has 0 bridgehead atoms. The zero-order valence-corrected chi connectivity index (χ0v) is 11.4. The molecule has 1 heterocycles. The largest absolute Gasteiger partial charge is 0.467 e. The minimum atomic E-state index is -0.655. The molecule has 1 atom stereocenters. The fourth-order valence-electron chi connectivity index (χ4n) is 2.38. The molecule has 1 fully saturated rings. The molecule has 0 saturated heterocycles. The number of furan rings is 1. The average Bonchev–Trinajstić information content (AvgIpc) is 3.14. The molecule has 1 unspecified atom stereocenters. The van der Waals surface area contributed by atoms with Crippen LogP contribution in [-0.4, -0.2) is 11.1 Å². The van der Waals surface area contributed by atoms with Gasteiger partial charge in [-0.2, -0.15) is 0 Å². The topological polar surface area (TPSA) is 36.6 Å². The minimum Gasteiger partial charge on any atom is -0.467 e. The van der Waals surface area contributed by atoms with Gasteiger partial charge in [0.05, 0.1) is 24.6 Å². The van der Waals surface area contributed by atoms with Gasteiger partial charge in [0.1, 0.15) is 11.6 Å². The van der Waals surface area contributed by atoms with Gasteiger partial charge in [-0.05, 0) is 49.6 Å². The first-order valence-corrected chi connectivity index (χ1v) is 6.91. The van der Waals surface area contributed by atoms with Crippen LogP contribution in [0.5, 0.6) is 0 Å². The molecule has 0 amide bonds. The smallest absolute Gasteiger partial charge is 0.146 e. The van der Waals surface area contributed by atoms with E-state index in [0.29, 0.717) is 23.8 Å². The number of rotatable bonds is 5. The summed E-state index contributed by atoms with van der Waals surface area (Å²) < 4.78 is 19.7. The predicted molar refractivity (Wildman–Crippen MR) is 74.9 cm³/mol. The van der Waals surface area contributed by atoms with Crippen LogP contribution in [0, 0.1) is 5.82 Å². The molecule has 1 aromatic heterocycles. The van der Waals surface area contributed by atoms with Crippen LogP contribution in [0.2, 0.25) is 0 Å². The van der Waals surface area contributed by atoms with E-state index in [1.165, 1.54) is 6.07 Å². The Morgan fingerprint density at radius 1 is 1.40 bits per heavy atom. The van der Waals surface area contributed by atoms with Gasteiger partial charge < -0.3 is 14.4 Å². The summed E-state index contributed by atoms with van der Waals surface area (Å²) in [5.41, 5.74) is 1.17. The van der Waals surface area contributed by atoms with Crippen molar-refractivity contribution in [3.8, 4) is 0 Å². The summed E-state index contributed by atoms with van der Waals surface area (Å²) in [6, 6.07) is 9.06. The lowest BCUT2D eigenvalue weighted by molar-refractivity contribution is 0.199. The van der Waals surface area contributed by atoms with Crippen molar-refractivity contribution in [1.29, 1.82) is 0 Å². The molecule has 1 aliphatic carbocycles. The zero-order chi connectivity index (χ0) is 14.1. The molecule has 1 saturated carbocycles. The highest BCUT2D eigenvalue weighted by atomic mass is 19.1. The summed E-state index contributed by atoms with van der Waals surface area (Å²) in [6.45, 7) is 2.21. The second-order valence-electron chi connectivity index (χ2n) is 5.33. The van der Waals surface area contributed by atoms with E-state index < -0.39 is 6.10 Å². The number of anilines is 1. The lowest BCUT2D eigenvalue weighted by Crippen LogP contribution is -2.25. The van der Waals surface area contributed by atoms with Gasteiger partial charge in [0.2, 0.25) is 0 Å². The number of hydrogen-bond donors (Lipinski definition) is 1. The van der Waals surface area contributed by atoms with Crippen molar-refractivity contribution in [3.05, 3.63) is 53.7 Å². The zero-order valence-electron chi connectivity index (χ0n) is 11.4. The summed E-state index contributed by atoms with van der Waals surface area (Å²) >= 11 is 0. The Morgan fingerprint density at radius 3 is 2.75 bits per heavy atom. The quantitative estimate of drug-likeness (QED) is 0.905. The number of nitrogens with zero attached hydrogens (tertiary/aromatic N) is 1. The van der Waals surface area contributed by atoms with E-state index in [2.05, 4.69) is 0 Å². The van der Waals surface area contributed by atoms with Crippen molar-refractivity contribution in [2.75, 3.05) is 4.90 Å². The highest BCUT2D eigenvalue weighted by Gasteiger charge is 2.31. The van der Waals surface area contributed by atoms with Crippen molar-refractivity contribution in [1.82, 2.24) is 0 Å². The molecule has 2 aromatic rings. The number of halogens is 1. The van der Waals surface area contributed by atoms with Crippen molar-refractivity contribution in [2.24, 2.45) is 0 Å². The van der Waals surface area contributed by atoms with E-state index in [1.54, 1.807) is 25.3 Å². The van der Waals surface area contributed by atoms with Crippen LogP contribution >= 0.6 is 0 Å². The monoisotopic (exact) mass is 275 g/mol.